The van der Waals surface area contributed by atoms with Gasteiger partial charge in [0.05, 0.1) is 29.0 Å². The van der Waals surface area contributed by atoms with E-state index in [1.54, 1.807) is 30.3 Å². The van der Waals surface area contributed by atoms with Crippen molar-refractivity contribution in [3.63, 3.8) is 0 Å². The molecule has 1 amide bonds. The number of hydrogen-bond donors (Lipinski definition) is 1. The molecule has 0 radical (unpaired) electrons. The highest BCUT2D eigenvalue weighted by molar-refractivity contribution is 6.10. The third-order valence-electron chi connectivity index (χ3n) is 5.89. The topological polar surface area (TPSA) is 44.8 Å². The number of alkyl halides is 3. The maximum absolute atomic E-state index is 13.7. The Kier molecular flexibility index (Phi) is 5.46. The number of carbonyl (C=O) groups is 1. The lowest BCUT2D eigenvalue weighted by Crippen LogP contribution is -2.43. The van der Waals surface area contributed by atoms with Crippen LogP contribution in [0.25, 0.3) is 0 Å². The Bertz CT molecular complexity index is 1190. The second-order valence-corrected chi connectivity index (χ2v) is 8.05. The fraction of sp³-hybridized carbons (Fsp3) is 0.240. The van der Waals surface area contributed by atoms with E-state index < -0.39 is 11.7 Å². The molecule has 33 heavy (non-hydrogen) atoms. The predicted octanol–water partition coefficient (Wildman–Crippen LogP) is 5.07. The Morgan fingerprint density at radius 1 is 0.909 bits per heavy atom. The van der Waals surface area contributed by atoms with E-state index in [1.807, 2.05) is 18.2 Å². The summed E-state index contributed by atoms with van der Waals surface area (Å²) in [7, 11) is 0. The van der Waals surface area contributed by atoms with Crippen LogP contribution in [-0.4, -0.2) is 32.1 Å². The van der Waals surface area contributed by atoms with Gasteiger partial charge in [0.25, 0.3) is 5.91 Å². The predicted molar refractivity (Wildman–Crippen MR) is 120 cm³/mol. The van der Waals surface area contributed by atoms with Gasteiger partial charge in [-0.15, -0.1) is 0 Å². The van der Waals surface area contributed by atoms with E-state index in [2.05, 4.69) is 10.2 Å². The van der Waals surface area contributed by atoms with E-state index in [1.165, 1.54) is 11.0 Å². The zero-order valence-corrected chi connectivity index (χ0v) is 17.7. The standard InChI is InChI=1S/C25H22F3N3O2/c26-25(27,28)18-6-3-5-17(15-18)16-31-20-8-1-2-10-22(20)33-23-19(24(31)32)7-4-9-21(23)30-13-11-29-12-14-30/h1-10,15,29H,11-14,16H2. The van der Waals surface area contributed by atoms with E-state index in [9.17, 15) is 18.0 Å². The highest BCUT2D eigenvalue weighted by atomic mass is 19.4. The normalized spacial score (nSPS) is 16.0. The molecule has 8 heteroatoms. The summed E-state index contributed by atoms with van der Waals surface area (Å²) >= 11 is 0. The van der Waals surface area contributed by atoms with Crippen molar-refractivity contribution in [2.75, 3.05) is 36.0 Å². The molecule has 0 saturated carbocycles. The second kappa shape index (κ2) is 8.44. The Morgan fingerprint density at radius 3 is 2.42 bits per heavy atom. The number of hydrogen-bond acceptors (Lipinski definition) is 4. The quantitative estimate of drug-likeness (QED) is 0.602. The van der Waals surface area contributed by atoms with Gasteiger partial charge in [0, 0.05) is 26.2 Å². The van der Waals surface area contributed by atoms with Crippen LogP contribution in [0, 0.1) is 0 Å². The van der Waals surface area contributed by atoms with Crippen LogP contribution in [0.1, 0.15) is 21.5 Å². The van der Waals surface area contributed by atoms with Crippen molar-refractivity contribution < 1.29 is 22.7 Å². The van der Waals surface area contributed by atoms with Crippen molar-refractivity contribution in [1.29, 1.82) is 0 Å². The van der Waals surface area contributed by atoms with E-state index in [0.717, 1.165) is 44.0 Å². The van der Waals surface area contributed by atoms with Gasteiger partial charge in [-0.25, -0.2) is 0 Å². The molecule has 5 rings (SSSR count). The van der Waals surface area contributed by atoms with Crippen LogP contribution in [0.5, 0.6) is 11.5 Å². The van der Waals surface area contributed by atoms with Crippen LogP contribution in [0.4, 0.5) is 24.5 Å². The molecule has 3 aromatic rings. The van der Waals surface area contributed by atoms with Gasteiger partial charge in [0.15, 0.2) is 11.5 Å². The van der Waals surface area contributed by atoms with E-state index >= 15 is 0 Å². The molecule has 0 spiro atoms. The Balaban J connectivity index is 1.58. The number of piperazine rings is 1. The van der Waals surface area contributed by atoms with Crippen LogP contribution < -0.4 is 19.9 Å². The van der Waals surface area contributed by atoms with E-state index in [0.29, 0.717) is 28.3 Å². The van der Waals surface area contributed by atoms with Gasteiger partial charge in [0.1, 0.15) is 0 Å². The lowest BCUT2D eigenvalue weighted by molar-refractivity contribution is -0.137. The molecule has 0 aromatic heterocycles. The summed E-state index contributed by atoms with van der Waals surface area (Å²) in [6.45, 7) is 3.21. The Morgan fingerprint density at radius 2 is 1.64 bits per heavy atom. The molecule has 2 aliphatic heterocycles. The second-order valence-electron chi connectivity index (χ2n) is 8.05. The zero-order valence-electron chi connectivity index (χ0n) is 17.7. The van der Waals surface area contributed by atoms with Crippen LogP contribution in [0.15, 0.2) is 66.7 Å². The summed E-state index contributed by atoms with van der Waals surface area (Å²) in [6.07, 6.45) is -4.45. The maximum Gasteiger partial charge on any atom is 0.416 e. The summed E-state index contributed by atoms with van der Waals surface area (Å²) in [6, 6.07) is 17.6. The largest absolute Gasteiger partial charge is 0.452 e. The zero-order chi connectivity index (χ0) is 23.0. The van der Waals surface area contributed by atoms with Crippen molar-refractivity contribution in [1.82, 2.24) is 5.32 Å². The fourth-order valence-electron chi connectivity index (χ4n) is 4.27. The summed E-state index contributed by atoms with van der Waals surface area (Å²) in [5, 5.41) is 3.31. The molecule has 5 nitrogen and oxygen atoms in total. The fourth-order valence-corrected chi connectivity index (χ4v) is 4.27. The third-order valence-corrected chi connectivity index (χ3v) is 5.89. The monoisotopic (exact) mass is 453 g/mol. The Labute approximate surface area is 189 Å². The van der Waals surface area contributed by atoms with Crippen molar-refractivity contribution in [3.8, 4) is 11.5 Å². The number of nitrogens with zero attached hydrogens (tertiary/aromatic N) is 2. The average Bonchev–Trinajstić information content (AvgIpc) is 2.94. The lowest BCUT2D eigenvalue weighted by atomic mass is 10.1. The van der Waals surface area contributed by atoms with Gasteiger partial charge >= 0.3 is 6.18 Å². The van der Waals surface area contributed by atoms with E-state index in [-0.39, 0.29) is 12.5 Å². The van der Waals surface area contributed by atoms with Crippen LogP contribution in [0.2, 0.25) is 0 Å². The number of carbonyl (C=O) groups excluding carboxylic acids is 1. The summed E-state index contributed by atoms with van der Waals surface area (Å²) in [5.74, 6) is 0.645. The molecule has 2 aliphatic rings. The number of rotatable bonds is 3. The molecule has 1 N–H and O–H groups in total. The molecule has 1 saturated heterocycles. The first kappa shape index (κ1) is 21.3. The number of amides is 1. The smallest absolute Gasteiger partial charge is 0.416 e. The van der Waals surface area contributed by atoms with Gasteiger partial charge in [0.2, 0.25) is 0 Å². The van der Waals surface area contributed by atoms with Gasteiger partial charge in [-0.1, -0.05) is 30.3 Å². The van der Waals surface area contributed by atoms with Crippen molar-refractivity contribution in [3.05, 3.63) is 83.4 Å². The first-order chi connectivity index (χ1) is 15.9. The SMILES string of the molecule is O=C1c2cccc(N3CCNCC3)c2Oc2ccccc2N1Cc1cccc(C(F)(F)F)c1. The lowest BCUT2D eigenvalue weighted by Gasteiger charge is -2.31. The molecule has 0 unspecified atom stereocenters. The van der Waals surface area contributed by atoms with Gasteiger partial charge in [-0.2, -0.15) is 13.2 Å². The first-order valence-corrected chi connectivity index (χ1v) is 10.8. The highest BCUT2D eigenvalue weighted by Crippen LogP contribution is 2.44. The van der Waals surface area contributed by atoms with Gasteiger partial charge in [-0.3, -0.25) is 4.79 Å². The minimum Gasteiger partial charge on any atom is -0.452 e. The molecule has 1 fully saturated rings. The highest BCUT2D eigenvalue weighted by Gasteiger charge is 2.33. The van der Waals surface area contributed by atoms with Crippen LogP contribution in [-0.2, 0) is 12.7 Å². The number of halogens is 3. The number of fused-ring (bicyclic) bond motifs is 2. The molecule has 0 aliphatic carbocycles. The summed E-state index contributed by atoms with van der Waals surface area (Å²) in [4.78, 5) is 17.4. The molecule has 0 bridgehead atoms. The van der Waals surface area contributed by atoms with Crippen molar-refractivity contribution in [2.24, 2.45) is 0 Å². The molecular weight excluding hydrogens is 431 g/mol. The molecule has 2 heterocycles. The first-order valence-electron chi connectivity index (χ1n) is 10.8. The summed E-state index contributed by atoms with van der Waals surface area (Å²) < 4.78 is 46.0. The Hall–Kier alpha value is -3.52. The number of ether oxygens (including phenoxy) is 1. The molecule has 170 valence electrons. The minimum atomic E-state index is -4.45. The van der Waals surface area contributed by atoms with Crippen LogP contribution >= 0.6 is 0 Å². The number of benzene rings is 3. The molecular formula is C25H22F3N3O2. The van der Waals surface area contributed by atoms with Crippen molar-refractivity contribution >= 4 is 17.3 Å². The average molecular weight is 453 g/mol. The maximum atomic E-state index is 13.7. The number of anilines is 2. The summed E-state index contributed by atoms with van der Waals surface area (Å²) in [5.41, 5.74) is 1.37. The molecule has 0 atom stereocenters. The van der Waals surface area contributed by atoms with Gasteiger partial charge in [-0.05, 0) is 42.0 Å². The molecule has 3 aromatic carbocycles. The number of para-hydroxylation sites is 3. The van der Waals surface area contributed by atoms with Gasteiger partial charge < -0.3 is 19.9 Å². The minimum absolute atomic E-state index is 0.0135. The van der Waals surface area contributed by atoms with Crippen molar-refractivity contribution in [2.45, 2.75) is 12.7 Å². The number of nitrogens with one attached hydrogen (secondary N) is 1. The third kappa shape index (κ3) is 4.14. The van der Waals surface area contributed by atoms with E-state index in [4.69, 9.17) is 4.74 Å². The van der Waals surface area contributed by atoms with Crippen LogP contribution in [0.3, 0.4) is 0 Å².